The molecule has 2 nitrogen and oxygen atoms in total. The van der Waals surface area contributed by atoms with Crippen molar-refractivity contribution in [1.82, 2.24) is 0 Å². The summed E-state index contributed by atoms with van der Waals surface area (Å²) in [5, 5.41) is 8.52. The Labute approximate surface area is 137 Å². The summed E-state index contributed by atoms with van der Waals surface area (Å²) in [6, 6.07) is 0. The smallest absolute Gasteiger partial charge is 0.303 e. The number of aliphatic carboxylic acids is 1. The summed E-state index contributed by atoms with van der Waals surface area (Å²) in [5.41, 5.74) is 0. The number of hydrogen-bond donors (Lipinski definition) is 1. The fraction of sp³-hybridized carbons (Fsp3) is 0.650. The van der Waals surface area contributed by atoms with Crippen LogP contribution >= 0.6 is 0 Å². The highest BCUT2D eigenvalue weighted by atomic mass is 16.4. The van der Waals surface area contributed by atoms with E-state index in [1.54, 1.807) is 0 Å². The Morgan fingerprint density at radius 2 is 1.27 bits per heavy atom. The van der Waals surface area contributed by atoms with Crippen LogP contribution in [0.5, 0.6) is 0 Å². The minimum Gasteiger partial charge on any atom is -0.481 e. The second-order valence-corrected chi connectivity index (χ2v) is 5.72. The second kappa shape index (κ2) is 17.7. The van der Waals surface area contributed by atoms with Crippen LogP contribution in [0, 0.1) is 0 Å². The lowest BCUT2D eigenvalue weighted by Crippen LogP contribution is -1.93. The number of carbonyl (C=O) groups is 1. The lowest BCUT2D eigenvalue weighted by molar-refractivity contribution is -0.137. The first-order valence-electron chi connectivity index (χ1n) is 8.94. The summed E-state index contributed by atoms with van der Waals surface area (Å²) < 4.78 is 0. The first kappa shape index (κ1) is 20.7. The van der Waals surface area contributed by atoms with Crippen LogP contribution < -0.4 is 0 Å². The number of hydrogen-bond acceptors (Lipinski definition) is 1. The highest BCUT2D eigenvalue weighted by Gasteiger charge is 1.95. The quantitative estimate of drug-likeness (QED) is 0.279. The molecule has 0 bridgehead atoms. The lowest BCUT2D eigenvalue weighted by atomic mass is 10.1. The number of carboxylic acid groups (broad SMARTS) is 1. The SMILES string of the molecule is CCCC/C=C/CC/C=C/C/C=C/CCCCCCC(=O)O. The van der Waals surface area contributed by atoms with Gasteiger partial charge in [-0.3, -0.25) is 4.79 Å². The molecular formula is C20H34O2. The van der Waals surface area contributed by atoms with Crippen molar-refractivity contribution in [2.45, 2.75) is 84.0 Å². The Hall–Kier alpha value is -1.31. The van der Waals surface area contributed by atoms with Crippen LogP contribution in [0.1, 0.15) is 84.0 Å². The summed E-state index contributed by atoms with van der Waals surface area (Å²) in [4.78, 5) is 10.3. The van der Waals surface area contributed by atoms with E-state index >= 15 is 0 Å². The van der Waals surface area contributed by atoms with Crippen molar-refractivity contribution in [3.05, 3.63) is 36.5 Å². The zero-order valence-electron chi connectivity index (χ0n) is 14.3. The summed E-state index contributed by atoms with van der Waals surface area (Å²) >= 11 is 0. The normalized spacial score (nSPS) is 12.0. The van der Waals surface area contributed by atoms with Gasteiger partial charge in [-0.2, -0.15) is 0 Å². The van der Waals surface area contributed by atoms with Gasteiger partial charge in [0, 0.05) is 6.42 Å². The van der Waals surface area contributed by atoms with Gasteiger partial charge in [0.2, 0.25) is 0 Å². The predicted molar refractivity (Wildman–Crippen MR) is 96.1 cm³/mol. The van der Waals surface area contributed by atoms with E-state index in [2.05, 4.69) is 43.4 Å². The zero-order valence-corrected chi connectivity index (χ0v) is 14.3. The average Bonchev–Trinajstić information content (AvgIpc) is 2.50. The van der Waals surface area contributed by atoms with Gasteiger partial charge < -0.3 is 5.11 Å². The van der Waals surface area contributed by atoms with Crippen LogP contribution in [0.25, 0.3) is 0 Å². The van der Waals surface area contributed by atoms with Crippen molar-refractivity contribution in [1.29, 1.82) is 0 Å². The zero-order chi connectivity index (χ0) is 16.3. The molecule has 0 aliphatic carbocycles. The molecule has 0 fully saturated rings. The monoisotopic (exact) mass is 306 g/mol. The van der Waals surface area contributed by atoms with Crippen LogP contribution in [0.4, 0.5) is 0 Å². The largest absolute Gasteiger partial charge is 0.481 e. The predicted octanol–water partition coefficient (Wildman–Crippen LogP) is 6.44. The fourth-order valence-electron chi connectivity index (χ4n) is 2.15. The molecule has 0 aromatic rings. The van der Waals surface area contributed by atoms with Gasteiger partial charge in [-0.1, -0.05) is 69.1 Å². The van der Waals surface area contributed by atoms with E-state index in [-0.39, 0.29) is 0 Å². The third-order valence-electron chi connectivity index (χ3n) is 3.51. The van der Waals surface area contributed by atoms with Gasteiger partial charge in [-0.15, -0.1) is 0 Å². The van der Waals surface area contributed by atoms with E-state index in [0.717, 1.165) is 44.9 Å². The molecule has 0 heterocycles. The van der Waals surface area contributed by atoms with Gasteiger partial charge in [0.05, 0.1) is 0 Å². The summed E-state index contributed by atoms with van der Waals surface area (Å²) in [6.07, 6.45) is 26.3. The number of unbranched alkanes of at least 4 members (excludes halogenated alkanes) is 7. The van der Waals surface area contributed by atoms with Crippen LogP contribution in [0.3, 0.4) is 0 Å². The first-order chi connectivity index (χ1) is 10.8. The van der Waals surface area contributed by atoms with Gasteiger partial charge in [0.15, 0.2) is 0 Å². The van der Waals surface area contributed by atoms with Gasteiger partial charge in [0.25, 0.3) is 0 Å². The van der Waals surface area contributed by atoms with E-state index in [1.807, 2.05) is 0 Å². The summed E-state index contributed by atoms with van der Waals surface area (Å²) in [7, 11) is 0. The fourth-order valence-corrected chi connectivity index (χ4v) is 2.15. The van der Waals surface area contributed by atoms with Crippen molar-refractivity contribution in [3.8, 4) is 0 Å². The Kier molecular flexibility index (Phi) is 16.7. The van der Waals surface area contributed by atoms with E-state index < -0.39 is 5.97 Å². The molecule has 126 valence electrons. The standard InChI is InChI=1S/C20H34O2/c1-2-3-4-5-6-7-8-9-10-11-12-13-14-15-16-17-18-19-20(21)22/h5-6,9-10,12-13H,2-4,7-8,11,14-19H2,1H3,(H,21,22)/b6-5+,10-9+,13-12+. The van der Waals surface area contributed by atoms with Crippen molar-refractivity contribution < 1.29 is 9.90 Å². The number of allylic oxidation sites excluding steroid dienone is 6. The molecular weight excluding hydrogens is 272 g/mol. The molecule has 2 heteroatoms. The van der Waals surface area contributed by atoms with Gasteiger partial charge in [0.1, 0.15) is 0 Å². The van der Waals surface area contributed by atoms with E-state index in [9.17, 15) is 4.79 Å². The molecule has 0 aliphatic rings. The Balaban J connectivity index is 3.27. The van der Waals surface area contributed by atoms with Crippen molar-refractivity contribution in [2.75, 3.05) is 0 Å². The van der Waals surface area contributed by atoms with Crippen LogP contribution in [0.2, 0.25) is 0 Å². The molecule has 0 aliphatic heterocycles. The minimum atomic E-state index is -0.678. The van der Waals surface area contributed by atoms with Crippen LogP contribution in [0.15, 0.2) is 36.5 Å². The Morgan fingerprint density at radius 3 is 1.95 bits per heavy atom. The third-order valence-corrected chi connectivity index (χ3v) is 3.51. The highest BCUT2D eigenvalue weighted by Crippen LogP contribution is 2.06. The van der Waals surface area contributed by atoms with Crippen LogP contribution in [-0.2, 0) is 4.79 Å². The topological polar surface area (TPSA) is 37.3 Å². The van der Waals surface area contributed by atoms with Crippen LogP contribution in [-0.4, -0.2) is 11.1 Å². The molecule has 0 spiro atoms. The van der Waals surface area contributed by atoms with E-state index in [0.29, 0.717) is 6.42 Å². The van der Waals surface area contributed by atoms with Crippen molar-refractivity contribution in [2.24, 2.45) is 0 Å². The molecule has 0 atom stereocenters. The maximum absolute atomic E-state index is 10.3. The van der Waals surface area contributed by atoms with Gasteiger partial charge in [-0.25, -0.2) is 0 Å². The average molecular weight is 306 g/mol. The summed E-state index contributed by atoms with van der Waals surface area (Å²) in [5.74, 6) is -0.678. The molecule has 0 amide bonds. The molecule has 0 radical (unpaired) electrons. The lowest BCUT2D eigenvalue weighted by Gasteiger charge is -1.96. The molecule has 1 N–H and O–H groups in total. The highest BCUT2D eigenvalue weighted by molar-refractivity contribution is 5.66. The Bertz CT molecular complexity index is 327. The molecule has 0 aromatic heterocycles. The number of rotatable bonds is 15. The van der Waals surface area contributed by atoms with Crippen molar-refractivity contribution in [3.63, 3.8) is 0 Å². The van der Waals surface area contributed by atoms with Crippen molar-refractivity contribution >= 4 is 5.97 Å². The third kappa shape index (κ3) is 18.7. The van der Waals surface area contributed by atoms with E-state index in [4.69, 9.17) is 5.11 Å². The van der Waals surface area contributed by atoms with Gasteiger partial charge in [-0.05, 0) is 44.9 Å². The van der Waals surface area contributed by atoms with Gasteiger partial charge >= 0.3 is 5.97 Å². The number of carboxylic acids is 1. The molecule has 0 saturated heterocycles. The molecule has 0 saturated carbocycles. The second-order valence-electron chi connectivity index (χ2n) is 5.72. The first-order valence-corrected chi connectivity index (χ1v) is 8.94. The maximum atomic E-state index is 10.3. The maximum Gasteiger partial charge on any atom is 0.303 e. The van der Waals surface area contributed by atoms with E-state index in [1.165, 1.54) is 25.7 Å². The molecule has 22 heavy (non-hydrogen) atoms. The molecule has 0 unspecified atom stereocenters. The minimum absolute atomic E-state index is 0.314. The molecule has 0 rings (SSSR count). The molecule has 0 aromatic carbocycles. The Morgan fingerprint density at radius 1 is 0.727 bits per heavy atom. The summed E-state index contributed by atoms with van der Waals surface area (Å²) in [6.45, 7) is 2.23.